The Morgan fingerprint density at radius 1 is 1.22 bits per heavy atom. The summed E-state index contributed by atoms with van der Waals surface area (Å²) < 4.78 is 14.8. The Morgan fingerprint density at radius 3 is 2.39 bits per heavy atom. The molecule has 7 heteroatoms. The van der Waals surface area contributed by atoms with Gasteiger partial charge in [-0.1, -0.05) is 13.8 Å². The highest BCUT2D eigenvalue weighted by Crippen LogP contribution is 2.44. The number of carbonyl (C=O) groups is 2. The molecule has 0 saturated heterocycles. The van der Waals surface area contributed by atoms with Crippen LogP contribution in [0, 0.1) is 5.95 Å². The molecule has 0 saturated carbocycles. The van der Waals surface area contributed by atoms with E-state index in [0.29, 0.717) is 24.2 Å². The maximum Gasteiger partial charge on any atom is 0.338 e. The molecule has 2 aromatic heterocycles. The van der Waals surface area contributed by atoms with Gasteiger partial charge in [0.2, 0.25) is 5.95 Å². The van der Waals surface area contributed by atoms with Gasteiger partial charge in [0.05, 0.1) is 11.3 Å². The summed E-state index contributed by atoms with van der Waals surface area (Å²) in [7, 11) is 0. The Balaban J connectivity index is 2.40. The third kappa shape index (κ3) is 2.19. The summed E-state index contributed by atoms with van der Waals surface area (Å²) in [5.74, 6) is -3.28. The standard InChI is InChI=1S/C16H15FN2O4/c1-16(2)5-6-19-12(8-3-4-9(17)18-7-8)10(14(20)21)11(13(16)19)15(22)23/h3-4,7H,5-6H2,1-2H3,(H,20,21)(H,22,23). The van der Waals surface area contributed by atoms with E-state index in [1.807, 2.05) is 13.8 Å². The average Bonchev–Trinajstić information content (AvgIpc) is 2.96. The van der Waals surface area contributed by atoms with Crippen molar-refractivity contribution in [2.75, 3.05) is 0 Å². The van der Waals surface area contributed by atoms with E-state index in [2.05, 4.69) is 4.98 Å². The monoisotopic (exact) mass is 318 g/mol. The smallest absolute Gasteiger partial charge is 0.338 e. The van der Waals surface area contributed by atoms with Gasteiger partial charge in [-0.3, -0.25) is 0 Å². The van der Waals surface area contributed by atoms with E-state index in [9.17, 15) is 24.2 Å². The van der Waals surface area contributed by atoms with E-state index < -0.39 is 23.3 Å². The van der Waals surface area contributed by atoms with Crippen molar-refractivity contribution in [3.05, 3.63) is 41.1 Å². The number of pyridine rings is 1. The van der Waals surface area contributed by atoms with Crippen LogP contribution in [0.3, 0.4) is 0 Å². The fourth-order valence-corrected chi connectivity index (χ4v) is 3.29. The Bertz CT molecular complexity index is 822. The number of hydrogen-bond donors (Lipinski definition) is 2. The highest BCUT2D eigenvalue weighted by molar-refractivity contribution is 6.08. The molecule has 3 heterocycles. The van der Waals surface area contributed by atoms with E-state index in [1.54, 1.807) is 4.57 Å². The lowest BCUT2D eigenvalue weighted by molar-refractivity contribution is 0.0651. The molecule has 23 heavy (non-hydrogen) atoms. The number of aromatic carboxylic acids is 2. The van der Waals surface area contributed by atoms with Gasteiger partial charge in [0.25, 0.3) is 0 Å². The van der Waals surface area contributed by atoms with Crippen LogP contribution in [0.5, 0.6) is 0 Å². The van der Waals surface area contributed by atoms with Gasteiger partial charge in [0, 0.05) is 29.4 Å². The van der Waals surface area contributed by atoms with Gasteiger partial charge >= 0.3 is 11.9 Å². The van der Waals surface area contributed by atoms with E-state index in [1.165, 1.54) is 12.3 Å². The Labute approximate surface area is 131 Å². The van der Waals surface area contributed by atoms with E-state index >= 15 is 0 Å². The van der Waals surface area contributed by atoms with Crippen LogP contribution in [0.25, 0.3) is 11.3 Å². The molecule has 3 rings (SSSR count). The van der Waals surface area contributed by atoms with Gasteiger partial charge in [-0.25, -0.2) is 14.6 Å². The summed E-state index contributed by atoms with van der Waals surface area (Å²) >= 11 is 0. The number of halogens is 1. The van der Waals surface area contributed by atoms with Crippen LogP contribution in [-0.4, -0.2) is 31.7 Å². The van der Waals surface area contributed by atoms with Crippen molar-refractivity contribution in [2.45, 2.75) is 32.2 Å². The largest absolute Gasteiger partial charge is 0.478 e. The van der Waals surface area contributed by atoms with Crippen molar-refractivity contribution in [2.24, 2.45) is 0 Å². The second kappa shape index (κ2) is 4.91. The number of carboxylic acid groups (broad SMARTS) is 2. The van der Waals surface area contributed by atoms with Crippen molar-refractivity contribution in [3.8, 4) is 11.3 Å². The predicted molar refractivity (Wildman–Crippen MR) is 79.2 cm³/mol. The van der Waals surface area contributed by atoms with Crippen LogP contribution in [0.2, 0.25) is 0 Å². The molecule has 0 unspecified atom stereocenters. The molecule has 1 aliphatic rings. The summed E-state index contributed by atoms with van der Waals surface area (Å²) in [5, 5.41) is 19.1. The molecule has 0 aromatic carbocycles. The van der Waals surface area contributed by atoms with Crippen molar-refractivity contribution >= 4 is 11.9 Å². The molecule has 0 atom stereocenters. The van der Waals surface area contributed by atoms with E-state index in [0.717, 1.165) is 6.07 Å². The molecular formula is C16H15FN2O4. The minimum absolute atomic E-state index is 0.195. The van der Waals surface area contributed by atoms with Crippen LogP contribution < -0.4 is 0 Å². The summed E-state index contributed by atoms with van der Waals surface area (Å²) in [4.78, 5) is 27.0. The first-order chi connectivity index (χ1) is 10.7. The molecule has 1 aliphatic heterocycles. The van der Waals surface area contributed by atoms with Crippen LogP contribution in [0.4, 0.5) is 4.39 Å². The second-order valence-corrected chi connectivity index (χ2v) is 6.21. The van der Waals surface area contributed by atoms with Crippen molar-refractivity contribution in [3.63, 3.8) is 0 Å². The van der Waals surface area contributed by atoms with Gasteiger partial charge in [-0.05, 0) is 18.6 Å². The third-order valence-electron chi connectivity index (χ3n) is 4.29. The summed E-state index contributed by atoms with van der Waals surface area (Å²) in [6.07, 6.45) is 1.92. The first-order valence-corrected chi connectivity index (χ1v) is 7.09. The third-order valence-corrected chi connectivity index (χ3v) is 4.29. The molecule has 0 fully saturated rings. The minimum Gasteiger partial charge on any atom is -0.478 e. The molecule has 2 N–H and O–H groups in total. The van der Waals surface area contributed by atoms with Gasteiger partial charge in [0.15, 0.2) is 0 Å². The summed E-state index contributed by atoms with van der Waals surface area (Å²) in [6, 6.07) is 2.54. The molecule has 0 amide bonds. The summed E-state index contributed by atoms with van der Waals surface area (Å²) in [5.41, 5.74) is 0.219. The summed E-state index contributed by atoms with van der Waals surface area (Å²) in [6.45, 7) is 4.27. The maximum atomic E-state index is 13.1. The predicted octanol–water partition coefficient (Wildman–Crippen LogP) is 2.77. The quantitative estimate of drug-likeness (QED) is 0.849. The topological polar surface area (TPSA) is 92.4 Å². The Hall–Kier alpha value is -2.70. The normalized spacial score (nSPS) is 15.4. The van der Waals surface area contributed by atoms with Gasteiger partial charge in [0.1, 0.15) is 5.56 Å². The Kier molecular flexibility index (Phi) is 3.24. The number of aromatic nitrogens is 2. The van der Waals surface area contributed by atoms with Crippen molar-refractivity contribution in [1.29, 1.82) is 0 Å². The minimum atomic E-state index is -1.32. The van der Waals surface area contributed by atoms with Gasteiger partial charge < -0.3 is 14.8 Å². The number of hydrogen-bond acceptors (Lipinski definition) is 3. The zero-order valence-electron chi connectivity index (χ0n) is 12.6. The van der Waals surface area contributed by atoms with Gasteiger partial charge in [-0.15, -0.1) is 0 Å². The lowest BCUT2D eigenvalue weighted by atomic mass is 9.85. The number of nitrogens with zero attached hydrogens (tertiary/aromatic N) is 2. The lowest BCUT2D eigenvalue weighted by Gasteiger charge is -2.17. The van der Waals surface area contributed by atoms with Crippen molar-refractivity contribution < 1.29 is 24.2 Å². The number of rotatable bonds is 3. The van der Waals surface area contributed by atoms with Crippen LogP contribution in [0.15, 0.2) is 18.3 Å². The molecule has 0 spiro atoms. The molecule has 0 radical (unpaired) electrons. The van der Waals surface area contributed by atoms with E-state index in [4.69, 9.17) is 0 Å². The van der Waals surface area contributed by atoms with Crippen LogP contribution in [-0.2, 0) is 12.0 Å². The molecule has 6 nitrogen and oxygen atoms in total. The molecule has 0 bridgehead atoms. The fraction of sp³-hybridized carbons (Fsp3) is 0.312. The average molecular weight is 318 g/mol. The van der Waals surface area contributed by atoms with Crippen LogP contribution >= 0.6 is 0 Å². The molecule has 120 valence electrons. The fourth-order valence-electron chi connectivity index (χ4n) is 3.29. The molecule has 2 aromatic rings. The molecule has 0 aliphatic carbocycles. The second-order valence-electron chi connectivity index (χ2n) is 6.21. The maximum absolute atomic E-state index is 13.1. The zero-order chi connectivity index (χ0) is 16.9. The first-order valence-electron chi connectivity index (χ1n) is 7.09. The highest BCUT2D eigenvalue weighted by Gasteiger charge is 2.41. The van der Waals surface area contributed by atoms with Crippen molar-refractivity contribution in [1.82, 2.24) is 9.55 Å². The SMILES string of the molecule is CC1(C)CCn2c(-c3ccc(F)nc3)c(C(=O)O)c(C(=O)O)c21. The van der Waals surface area contributed by atoms with Crippen LogP contribution in [0.1, 0.15) is 46.7 Å². The zero-order valence-corrected chi connectivity index (χ0v) is 12.6. The first kappa shape index (κ1) is 15.2. The lowest BCUT2D eigenvalue weighted by Crippen LogP contribution is -2.18. The number of fused-ring (bicyclic) bond motifs is 1. The van der Waals surface area contributed by atoms with Gasteiger partial charge in [-0.2, -0.15) is 4.39 Å². The highest BCUT2D eigenvalue weighted by atomic mass is 19.1. The molecular weight excluding hydrogens is 303 g/mol. The Morgan fingerprint density at radius 2 is 1.87 bits per heavy atom. The van der Waals surface area contributed by atoms with E-state index in [-0.39, 0.29) is 16.8 Å². The number of carboxylic acids is 2.